The number of aryl methyl sites for hydroxylation is 1. The highest BCUT2D eigenvalue weighted by Gasteiger charge is 2.18. The Morgan fingerprint density at radius 1 is 1.34 bits per heavy atom. The van der Waals surface area contributed by atoms with Gasteiger partial charge in [-0.3, -0.25) is 10.00 Å². The van der Waals surface area contributed by atoms with Crippen molar-refractivity contribution in [2.45, 2.75) is 46.3 Å². The van der Waals surface area contributed by atoms with Crippen molar-refractivity contribution in [3.8, 4) is 5.75 Å². The minimum Gasteiger partial charge on any atom is -0.493 e. The normalized spacial score (nSPS) is 14.8. The van der Waals surface area contributed by atoms with Gasteiger partial charge in [0, 0.05) is 22.3 Å². The lowest BCUT2D eigenvalue weighted by atomic mass is 10.1. The van der Waals surface area contributed by atoms with Gasteiger partial charge in [0.1, 0.15) is 11.9 Å². The van der Waals surface area contributed by atoms with Crippen LogP contribution in [0.1, 0.15) is 37.9 Å². The van der Waals surface area contributed by atoms with Crippen LogP contribution < -0.4 is 15.4 Å². The number of carbonyl (C=O) groups excluding carboxylic acids is 1. The van der Waals surface area contributed by atoms with Crippen LogP contribution in [-0.2, 0) is 11.3 Å². The van der Waals surface area contributed by atoms with E-state index in [2.05, 4.69) is 29.6 Å². The molecule has 2 heterocycles. The highest BCUT2D eigenvalue weighted by atomic mass is 35.5. The van der Waals surface area contributed by atoms with Crippen molar-refractivity contribution < 1.29 is 14.3 Å². The number of benzene rings is 1. The quantitative estimate of drug-likeness (QED) is 0.700. The lowest BCUT2D eigenvalue weighted by Crippen LogP contribution is -2.34. The zero-order valence-electron chi connectivity index (χ0n) is 17.2. The summed E-state index contributed by atoms with van der Waals surface area (Å²) >= 11 is 6.19. The van der Waals surface area contributed by atoms with Crippen LogP contribution in [0.2, 0.25) is 5.02 Å². The first-order valence-corrected chi connectivity index (χ1v) is 10.4. The van der Waals surface area contributed by atoms with Gasteiger partial charge >= 0.3 is 6.09 Å². The monoisotopic (exact) mass is 420 g/mol. The van der Waals surface area contributed by atoms with Gasteiger partial charge in [-0.05, 0) is 57.0 Å². The number of hydrogen-bond donors (Lipinski definition) is 2. The fourth-order valence-corrected chi connectivity index (χ4v) is 3.35. The number of halogens is 1. The number of amides is 1. The third-order valence-electron chi connectivity index (χ3n) is 4.69. The summed E-state index contributed by atoms with van der Waals surface area (Å²) in [4.78, 5) is 12.2. The van der Waals surface area contributed by atoms with Gasteiger partial charge in [0.2, 0.25) is 0 Å². The van der Waals surface area contributed by atoms with Crippen molar-refractivity contribution in [3.63, 3.8) is 0 Å². The van der Waals surface area contributed by atoms with E-state index < -0.39 is 6.09 Å². The van der Waals surface area contributed by atoms with E-state index in [9.17, 15) is 4.79 Å². The van der Waals surface area contributed by atoms with Crippen molar-refractivity contribution in [3.05, 3.63) is 40.5 Å². The van der Waals surface area contributed by atoms with E-state index in [1.54, 1.807) is 0 Å². The maximum atomic E-state index is 12.2. The second-order valence-corrected chi connectivity index (χ2v) is 8.20. The van der Waals surface area contributed by atoms with Crippen LogP contribution in [-0.4, -0.2) is 41.7 Å². The lowest BCUT2D eigenvalue weighted by molar-refractivity contribution is 0.0908. The van der Waals surface area contributed by atoms with Gasteiger partial charge in [-0.15, -0.1) is 0 Å². The molecule has 3 rings (SSSR count). The Balaban J connectivity index is 1.65. The summed E-state index contributed by atoms with van der Waals surface area (Å²) in [6.07, 6.45) is 1.14. The Bertz CT molecular complexity index is 831. The fraction of sp³-hybridized carbons (Fsp3) is 0.524. The Hall–Kier alpha value is -2.25. The van der Waals surface area contributed by atoms with E-state index in [1.165, 1.54) is 0 Å². The molecule has 0 bridgehead atoms. The molecule has 0 unspecified atom stereocenters. The first-order chi connectivity index (χ1) is 13.9. The Labute approximate surface area is 176 Å². The van der Waals surface area contributed by atoms with Crippen molar-refractivity contribution in [2.24, 2.45) is 5.92 Å². The molecule has 29 heavy (non-hydrogen) atoms. The molecule has 0 saturated carbocycles. The molecule has 1 aliphatic heterocycles. The standard InChI is InChI=1S/C21H29ClN4O3/c1-14(2)13-28-19-5-4-17(22)11-16(19)12-26-15(3)10-20(25-26)24-21(27)29-18-6-8-23-9-7-18/h4-5,10-11,14,18,23H,6-9,12-13H2,1-3H3,(H,24,25,27). The molecule has 0 spiro atoms. The van der Waals surface area contributed by atoms with Gasteiger partial charge < -0.3 is 14.8 Å². The van der Waals surface area contributed by atoms with Crippen LogP contribution in [0.15, 0.2) is 24.3 Å². The number of nitrogens with one attached hydrogen (secondary N) is 2. The number of aromatic nitrogens is 2. The van der Waals surface area contributed by atoms with Gasteiger partial charge in [-0.2, -0.15) is 5.10 Å². The first kappa shape index (κ1) is 21.5. The molecule has 0 atom stereocenters. The van der Waals surface area contributed by atoms with E-state index in [0.717, 1.165) is 42.9 Å². The van der Waals surface area contributed by atoms with E-state index >= 15 is 0 Å². The van der Waals surface area contributed by atoms with Crippen LogP contribution >= 0.6 is 11.6 Å². The second-order valence-electron chi connectivity index (χ2n) is 7.77. The van der Waals surface area contributed by atoms with Crippen molar-refractivity contribution in [1.29, 1.82) is 0 Å². The molecule has 158 valence electrons. The number of rotatable bonds is 7. The van der Waals surface area contributed by atoms with E-state index in [-0.39, 0.29) is 6.10 Å². The fourth-order valence-electron chi connectivity index (χ4n) is 3.16. The summed E-state index contributed by atoms with van der Waals surface area (Å²) < 4.78 is 13.2. The molecular formula is C21H29ClN4O3. The topological polar surface area (TPSA) is 77.4 Å². The Morgan fingerprint density at radius 2 is 2.10 bits per heavy atom. The minimum atomic E-state index is -0.467. The predicted molar refractivity (Wildman–Crippen MR) is 114 cm³/mol. The van der Waals surface area contributed by atoms with Crippen LogP contribution in [0.5, 0.6) is 5.75 Å². The molecule has 1 amide bonds. The molecule has 1 aromatic heterocycles. The van der Waals surface area contributed by atoms with Crippen molar-refractivity contribution in [2.75, 3.05) is 25.0 Å². The zero-order chi connectivity index (χ0) is 20.8. The number of piperidine rings is 1. The summed E-state index contributed by atoms with van der Waals surface area (Å²) in [6, 6.07) is 7.41. The summed E-state index contributed by atoms with van der Waals surface area (Å²) in [7, 11) is 0. The van der Waals surface area contributed by atoms with Gasteiger partial charge in [0.05, 0.1) is 13.2 Å². The second kappa shape index (κ2) is 9.98. The smallest absolute Gasteiger partial charge is 0.413 e. The van der Waals surface area contributed by atoms with Crippen LogP contribution in [0.25, 0.3) is 0 Å². The third kappa shape index (κ3) is 6.37. The Kier molecular flexibility index (Phi) is 7.39. The van der Waals surface area contributed by atoms with E-state index in [0.29, 0.717) is 29.9 Å². The number of anilines is 1. The highest BCUT2D eigenvalue weighted by Crippen LogP contribution is 2.25. The molecule has 2 N–H and O–H groups in total. The molecule has 1 aliphatic rings. The molecule has 1 aromatic carbocycles. The summed E-state index contributed by atoms with van der Waals surface area (Å²) in [5, 5.41) is 11.1. The summed E-state index contributed by atoms with van der Waals surface area (Å²) in [6.45, 7) is 9.00. The molecular weight excluding hydrogens is 392 g/mol. The first-order valence-electron chi connectivity index (χ1n) is 10.0. The van der Waals surface area contributed by atoms with E-state index in [4.69, 9.17) is 21.1 Å². The van der Waals surface area contributed by atoms with Crippen LogP contribution in [0.3, 0.4) is 0 Å². The minimum absolute atomic E-state index is 0.0495. The number of carbonyl (C=O) groups is 1. The maximum Gasteiger partial charge on any atom is 0.413 e. The van der Waals surface area contributed by atoms with Crippen molar-refractivity contribution in [1.82, 2.24) is 15.1 Å². The molecule has 1 fully saturated rings. The highest BCUT2D eigenvalue weighted by molar-refractivity contribution is 6.30. The molecule has 0 aliphatic carbocycles. The molecule has 2 aromatic rings. The zero-order valence-corrected chi connectivity index (χ0v) is 18.0. The van der Waals surface area contributed by atoms with E-state index in [1.807, 2.05) is 35.9 Å². The largest absolute Gasteiger partial charge is 0.493 e. The average molecular weight is 421 g/mol. The Morgan fingerprint density at radius 3 is 2.83 bits per heavy atom. The third-order valence-corrected chi connectivity index (χ3v) is 4.92. The molecule has 8 heteroatoms. The number of nitrogens with zero attached hydrogens (tertiary/aromatic N) is 2. The van der Waals surface area contributed by atoms with Gasteiger partial charge in [0.25, 0.3) is 0 Å². The van der Waals surface area contributed by atoms with Crippen LogP contribution in [0.4, 0.5) is 10.6 Å². The molecule has 7 nitrogen and oxygen atoms in total. The van der Waals surface area contributed by atoms with Gasteiger partial charge in [0.15, 0.2) is 5.82 Å². The predicted octanol–water partition coefficient (Wildman–Crippen LogP) is 4.23. The SMILES string of the molecule is Cc1cc(NC(=O)OC2CCNCC2)nn1Cc1cc(Cl)ccc1OCC(C)C. The number of hydrogen-bond acceptors (Lipinski definition) is 5. The van der Waals surface area contributed by atoms with Gasteiger partial charge in [-0.25, -0.2) is 4.79 Å². The number of ether oxygens (including phenoxy) is 2. The van der Waals surface area contributed by atoms with Crippen molar-refractivity contribution >= 4 is 23.5 Å². The molecule has 0 radical (unpaired) electrons. The lowest BCUT2D eigenvalue weighted by Gasteiger charge is -2.22. The molecule has 1 saturated heterocycles. The summed E-state index contributed by atoms with van der Waals surface area (Å²) in [5.74, 6) is 1.68. The average Bonchev–Trinajstić information content (AvgIpc) is 3.00. The summed E-state index contributed by atoms with van der Waals surface area (Å²) in [5.41, 5.74) is 1.85. The van der Waals surface area contributed by atoms with Crippen LogP contribution in [0, 0.1) is 12.8 Å². The maximum absolute atomic E-state index is 12.2. The van der Waals surface area contributed by atoms with Gasteiger partial charge in [-0.1, -0.05) is 25.4 Å².